The van der Waals surface area contributed by atoms with E-state index < -0.39 is 5.97 Å². The maximum absolute atomic E-state index is 13.2. The van der Waals surface area contributed by atoms with E-state index in [9.17, 15) is 9.18 Å². The number of benzene rings is 1. The summed E-state index contributed by atoms with van der Waals surface area (Å²) in [5, 5.41) is 0.246. The van der Waals surface area contributed by atoms with Gasteiger partial charge in [-0.3, -0.25) is 4.98 Å². The van der Waals surface area contributed by atoms with Crippen molar-refractivity contribution in [2.75, 3.05) is 6.61 Å². The van der Waals surface area contributed by atoms with Gasteiger partial charge in [0, 0.05) is 5.56 Å². The Labute approximate surface area is 121 Å². The van der Waals surface area contributed by atoms with Crippen LogP contribution in [0.25, 0.3) is 11.3 Å². The predicted octanol–water partition coefficient (Wildman–Crippen LogP) is 4.03. The zero-order valence-corrected chi connectivity index (χ0v) is 11.9. The fourth-order valence-corrected chi connectivity index (χ4v) is 2.20. The summed E-state index contributed by atoms with van der Waals surface area (Å²) in [6.07, 6.45) is 0. The molecule has 0 unspecified atom stereocenters. The lowest BCUT2D eigenvalue weighted by Crippen LogP contribution is -2.09. The molecule has 1 aromatic carbocycles. The lowest BCUT2D eigenvalue weighted by Gasteiger charge is -2.10. The summed E-state index contributed by atoms with van der Waals surface area (Å²) >= 11 is 6.12. The number of aromatic nitrogens is 1. The minimum atomic E-state index is -0.506. The van der Waals surface area contributed by atoms with Crippen molar-refractivity contribution in [2.45, 2.75) is 13.8 Å². The third kappa shape index (κ3) is 2.96. The van der Waals surface area contributed by atoms with Gasteiger partial charge in [0.15, 0.2) is 0 Å². The average Bonchev–Trinajstić information content (AvgIpc) is 2.38. The van der Waals surface area contributed by atoms with Gasteiger partial charge in [-0.05, 0) is 32.0 Å². The molecule has 0 radical (unpaired) electrons. The van der Waals surface area contributed by atoms with Crippen LogP contribution < -0.4 is 0 Å². The monoisotopic (exact) mass is 293 g/mol. The Kier molecular flexibility index (Phi) is 4.35. The highest BCUT2D eigenvalue weighted by molar-refractivity contribution is 6.34. The van der Waals surface area contributed by atoms with Crippen LogP contribution in [-0.2, 0) is 4.74 Å². The predicted molar refractivity (Wildman–Crippen MR) is 75.3 cm³/mol. The first-order valence-corrected chi connectivity index (χ1v) is 6.51. The molecule has 3 nitrogen and oxygen atoms in total. The van der Waals surface area contributed by atoms with Crippen LogP contribution in [0.2, 0.25) is 5.02 Å². The first kappa shape index (κ1) is 14.5. The number of hydrogen-bond acceptors (Lipinski definition) is 3. The van der Waals surface area contributed by atoms with Crippen molar-refractivity contribution in [3.63, 3.8) is 0 Å². The Morgan fingerprint density at radius 1 is 1.40 bits per heavy atom. The molecule has 0 saturated carbocycles. The molecule has 1 heterocycles. The minimum Gasteiger partial charge on any atom is -0.462 e. The smallest absolute Gasteiger partial charge is 0.341 e. The van der Waals surface area contributed by atoms with E-state index >= 15 is 0 Å². The second kappa shape index (κ2) is 6.01. The summed E-state index contributed by atoms with van der Waals surface area (Å²) < 4.78 is 18.2. The van der Waals surface area contributed by atoms with Gasteiger partial charge in [-0.15, -0.1) is 0 Å². The molecule has 5 heteroatoms. The van der Waals surface area contributed by atoms with E-state index in [2.05, 4.69) is 4.98 Å². The number of esters is 1. The molecular weight excluding hydrogens is 281 g/mol. The lowest BCUT2D eigenvalue weighted by atomic mass is 10.1. The SMILES string of the molecule is CCOC(=O)c1c(Cl)cc(-c2cccc(F)c2)nc1C. The van der Waals surface area contributed by atoms with Crippen LogP contribution in [0.1, 0.15) is 23.0 Å². The Morgan fingerprint density at radius 2 is 2.15 bits per heavy atom. The van der Waals surface area contributed by atoms with Crippen molar-refractivity contribution in [3.05, 3.63) is 52.4 Å². The summed E-state index contributed by atoms with van der Waals surface area (Å²) in [5.41, 5.74) is 1.81. The standard InChI is InChI=1S/C15H13ClFNO2/c1-3-20-15(19)14-9(2)18-13(8-12(14)16)10-5-4-6-11(17)7-10/h4-8H,3H2,1-2H3. The Hall–Kier alpha value is -1.94. The highest BCUT2D eigenvalue weighted by Crippen LogP contribution is 2.26. The number of rotatable bonds is 3. The molecule has 2 aromatic rings. The molecule has 0 fully saturated rings. The third-order valence-electron chi connectivity index (χ3n) is 2.75. The van der Waals surface area contributed by atoms with Gasteiger partial charge in [-0.1, -0.05) is 23.7 Å². The fourth-order valence-electron chi connectivity index (χ4n) is 1.88. The molecule has 0 N–H and O–H groups in total. The van der Waals surface area contributed by atoms with Crippen LogP contribution in [0.5, 0.6) is 0 Å². The second-order valence-corrected chi connectivity index (χ2v) is 4.59. The molecule has 0 saturated heterocycles. The number of halogens is 2. The topological polar surface area (TPSA) is 39.2 Å². The fraction of sp³-hybridized carbons (Fsp3) is 0.200. The summed E-state index contributed by atoms with van der Waals surface area (Å²) in [4.78, 5) is 16.1. The lowest BCUT2D eigenvalue weighted by molar-refractivity contribution is 0.0525. The minimum absolute atomic E-state index is 0.244. The number of carbonyl (C=O) groups excluding carboxylic acids is 1. The van der Waals surface area contributed by atoms with Gasteiger partial charge in [0.05, 0.1) is 28.6 Å². The highest BCUT2D eigenvalue weighted by Gasteiger charge is 2.17. The first-order valence-electron chi connectivity index (χ1n) is 6.13. The molecule has 0 atom stereocenters. The van der Waals surface area contributed by atoms with Crippen molar-refractivity contribution in [2.24, 2.45) is 0 Å². The Morgan fingerprint density at radius 3 is 2.75 bits per heavy atom. The van der Waals surface area contributed by atoms with Crippen LogP contribution in [-0.4, -0.2) is 17.6 Å². The van der Waals surface area contributed by atoms with Crippen LogP contribution in [0, 0.1) is 12.7 Å². The molecule has 0 aliphatic heterocycles. The van der Waals surface area contributed by atoms with Gasteiger partial charge in [-0.2, -0.15) is 0 Å². The van der Waals surface area contributed by atoms with Gasteiger partial charge >= 0.3 is 5.97 Å². The molecular formula is C15H13ClFNO2. The van der Waals surface area contributed by atoms with E-state index in [0.29, 0.717) is 17.0 Å². The molecule has 0 spiro atoms. The molecule has 1 aromatic heterocycles. The van der Waals surface area contributed by atoms with Crippen molar-refractivity contribution >= 4 is 17.6 Å². The van der Waals surface area contributed by atoms with Gasteiger partial charge in [0.25, 0.3) is 0 Å². The van der Waals surface area contributed by atoms with Gasteiger partial charge < -0.3 is 4.74 Å². The molecule has 0 aliphatic rings. The quantitative estimate of drug-likeness (QED) is 0.802. The first-order chi connectivity index (χ1) is 9.52. The summed E-state index contributed by atoms with van der Waals surface area (Å²) in [5.74, 6) is -0.860. The van der Waals surface area contributed by atoms with Crippen molar-refractivity contribution < 1.29 is 13.9 Å². The number of pyridine rings is 1. The third-order valence-corrected chi connectivity index (χ3v) is 3.05. The normalized spacial score (nSPS) is 10.4. The van der Waals surface area contributed by atoms with Crippen LogP contribution in [0.3, 0.4) is 0 Å². The largest absolute Gasteiger partial charge is 0.462 e. The number of hydrogen-bond donors (Lipinski definition) is 0. The van der Waals surface area contributed by atoms with Crippen molar-refractivity contribution in [1.29, 1.82) is 0 Å². The van der Waals surface area contributed by atoms with Gasteiger partial charge in [0.2, 0.25) is 0 Å². The van der Waals surface area contributed by atoms with E-state index in [1.165, 1.54) is 18.2 Å². The van der Waals surface area contributed by atoms with E-state index in [1.807, 2.05) is 0 Å². The summed E-state index contributed by atoms with van der Waals surface area (Å²) in [6, 6.07) is 7.57. The zero-order chi connectivity index (χ0) is 14.7. The number of aryl methyl sites for hydroxylation is 1. The van der Waals surface area contributed by atoms with E-state index in [4.69, 9.17) is 16.3 Å². The summed E-state index contributed by atoms with van der Waals surface area (Å²) in [6.45, 7) is 3.65. The maximum atomic E-state index is 13.2. The number of nitrogens with zero attached hydrogens (tertiary/aromatic N) is 1. The Balaban J connectivity index is 2.47. The van der Waals surface area contributed by atoms with E-state index in [1.54, 1.807) is 26.0 Å². The molecule has 2 rings (SSSR count). The molecule has 0 bridgehead atoms. The molecule has 20 heavy (non-hydrogen) atoms. The molecule has 0 amide bonds. The maximum Gasteiger partial charge on any atom is 0.341 e. The average molecular weight is 294 g/mol. The number of ether oxygens (including phenoxy) is 1. The van der Waals surface area contributed by atoms with Crippen molar-refractivity contribution in [3.8, 4) is 11.3 Å². The Bertz CT molecular complexity index is 635. The molecule has 0 aliphatic carbocycles. The van der Waals surface area contributed by atoms with E-state index in [-0.39, 0.29) is 23.0 Å². The van der Waals surface area contributed by atoms with Crippen molar-refractivity contribution in [1.82, 2.24) is 4.98 Å². The van der Waals surface area contributed by atoms with Crippen LogP contribution in [0.15, 0.2) is 30.3 Å². The number of carbonyl (C=O) groups is 1. The summed E-state index contributed by atoms with van der Waals surface area (Å²) in [7, 11) is 0. The highest BCUT2D eigenvalue weighted by atomic mass is 35.5. The van der Waals surface area contributed by atoms with Gasteiger partial charge in [0.1, 0.15) is 5.82 Å². The molecule has 104 valence electrons. The van der Waals surface area contributed by atoms with Gasteiger partial charge in [-0.25, -0.2) is 9.18 Å². The zero-order valence-electron chi connectivity index (χ0n) is 11.1. The second-order valence-electron chi connectivity index (χ2n) is 4.18. The van der Waals surface area contributed by atoms with Crippen LogP contribution >= 0.6 is 11.6 Å². The van der Waals surface area contributed by atoms with E-state index in [0.717, 1.165) is 0 Å². The van der Waals surface area contributed by atoms with Crippen LogP contribution in [0.4, 0.5) is 4.39 Å².